The second kappa shape index (κ2) is 4.78. The first-order valence-corrected chi connectivity index (χ1v) is 5.12. The summed E-state index contributed by atoms with van der Waals surface area (Å²) in [5, 5.41) is 22.4. The molecule has 90 valence electrons. The van der Waals surface area contributed by atoms with Gasteiger partial charge in [0, 0.05) is 18.8 Å². The molecular weight excluding hydrogens is 220 g/mol. The molecule has 6 heteroatoms. The first-order valence-electron chi connectivity index (χ1n) is 5.12. The molecule has 0 aliphatic heterocycles. The standard InChI is InChI=1S/C11H14N4O2/c1-11(2,3)7-14-10-9(15(16)17)4-8(5-12)6-13-10/h4,6H,7H2,1-3H3,(H,13,14). The van der Waals surface area contributed by atoms with Gasteiger partial charge in [0.05, 0.1) is 10.5 Å². The number of nitrogens with one attached hydrogen (secondary N) is 1. The fourth-order valence-corrected chi connectivity index (χ4v) is 1.14. The Hall–Kier alpha value is -2.16. The molecule has 1 rings (SSSR count). The molecule has 0 aromatic carbocycles. The summed E-state index contributed by atoms with van der Waals surface area (Å²) in [4.78, 5) is 14.2. The Balaban J connectivity index is 3.00. The predicted octanol–water partition coefficient (Wildman–Crippen LogP) is 2.32. The highest BCUT2D eigenvalue weighted by atomic mass is 16.6. The van der Waals surface area contributed by atoms with Crippen molar-refractivity contribution in [3.05, 3.63) is 27.9 Å². The van der Waals surface area contributed by atoms with Gasteiger partial charge in [-0.3, -0.25) is 10.1 Å². The van der Waals surface area contributed by atoms with Crippen molar-refractivity contribution in [2.45, 2.75) is 20.8 Å². The predicted molar refractivity (Wildman–Crippen MR) is 63.6 cm³/mol. The molecule has 17 heavy (non-hydrogen) atoms. The van der Waals surface area contributed by atoms with Gasteiger partial charge in [0.1, 0.15) is 6.07 Å². The minimum atomic E-state index is -0.543. The van der Waals surface area contributed by atoms with Gasteiger partial charge in [0.15, 0.2) is 0 Å². The van der Waals surface area contributed by atoms with Crippen LogP contribution in [0.5, 0.6) is 0 Å². The van der Waals surface area contributed by atoms with E-state index < -0.39 is 4.92 Å². The molecule has 0 aliphatic rings. The largest absolute Gasteiger partial charge is 0.364 e. The van der Waals surface area contributed by atoms with E-state index in [1.54, 1.807) is 0 Å². The van der Waals surface area contributed by atoms with E-state index in [-0.39, 0.29) is 22.5 Å². The lowest BCUT2D eigenvalue weighted by Gasteiger charge is -2.18. The highest BCUT2D eigenvalue weighted by molar-refractivity contribution is 5.58. The zero-order chi connectivity index (χ0) is 13.1. The van der Waals surface area contributed by atoms with Gasteiger partial charge in [0.2, 0.25) is 5.82 Å². The van der Waals surface area contributed by atoms with Crippen LogP contribution in [0.2, 0.25) is 0 Å². The summed E-state index contributed by atoms with van der Waals surface area (Å²) in [6.45, 7) is 6.59. The molecule has 0 radical (unpaired) electrons. The van der Waals surface area contributed by atoms with E-state index in [1.165, 1.54) is 12.3 Å². The van der Waals surface area contributed by atoms with Gasteiger partial charge in [-0.05, 0) is 5.41 Å². The van der Waals surface area contributed by atoms with Crippen LogP contribution < -0.4 is 5.32 Å². The fraction of sp³-hybridized carbons (Fsp3) is 0.455. The van der Waals surface area contributed by atoms with Crippen LogP contribution in [0.3, 0.4) is 0 Å². The number of hydrogen-bond donors (Lipinski definition) is 1. The maximum Gasteiger partial charge on any atom is 0.312 e. The summed E-state index contributed by atoms with van der Waals surface area (Å²) in [6, 6.07) is 3.05. The van der Waals surface area contributed by atoms with Crippen LogP contribution in [-0.2, 0) is 0 Å². The van der Waals surface area contributed by atoms with Crippen LogP contribution in [-0.4, -0.2) is 16.5 Å². The quantitative estimate of drug-likeness (QED) is 0.640. The summed E-state index contributed by atoms with van der Waals surface area (Å²) in [7, 11) is 0. The Kier molecular flexibility index (Phi) is 3.63. The van der Waals surface area contributed by atoms with Crippen molar-refractivity contribution in [1.29, 1.82) is 5.26 Å². The summed E-state index contributed by atoms with van der Waals surface area (Å²) in [5.74, 6) is 0.198. The summed E-state index contributed by atoms with van der Waals surface area (Å²) in [6.07, 6.45) is 1.32. The lowest BCUT2D eigenvalue weighted by Crippen LogP contribution is -2.20. The lowest BCUT2D eigenvalue weighted by molar-refractivity contribution is -0.384. The van der Waals surface area contributed by atoms with E-state index in [9.17, 15) is 10.1 Å². The Morgan fingerprint density at radius 3 is 2.71 bits per heavy atom. The van der Waals surface area contributed by atoms with Crippen LogP contribution in [0.4, 0.5) is 11.5 Å². The first kappa shape index (κ1) is 12.9. The highest BCUT2D eigenvalue weighted by Gasteiger charge is 2.18. The molecule has 0 unspecified atom stereocenters. The molecule has 0 atom stereocenters. The van der Waals surface area contributed by atoms with Gasteiger partial charge < -0.3 is 5.32 Å². The molecule has 0 saturated heterocycles. The van der Waals surface area contributed by atoms with Crippen molar-refractivity contribution in [3.63, 3.8) is 0 Å². The topological polar surface area (TPSA) is 91.8 Å². The van der Waals surface area contributed by atoms with Gasteiger partial charge in [0.25, 0.3) is 0 Å². The second-order valence-corrected chi connectivity index (χ2v) is 4.87. The fourth-order valence-electron chi connectivity index (χ4n) is 1.14. The zero-order valence-corrected chi connectivity index (χ0v) is 10.0. The first-order chi connectivity index (χ1) is 7.83. The number of nitrogens with zero attached hydrogens (tertiary/aromatic N) is 3. The number of hydrogen-bond acceptors (Lipinski definition) is 5. The highest BCUT2D eigenvalue weighted by Crippen LogP contribution is 2.24. The van der Waals surface area contributed by atoms with Crippen LogP contribution in [0, 0.1) is 26.9 Å². The number of anilines is 1. The number of nitro groups is 1. The molecule has 0 bridgehead atoms. The molecule has 1 aromatic rings. The Labute approximate surface area is 99.4 Å². The lowest BCUT2D eigenvalue weighted by atomic mass is 9.97. The third-order valence-electron chi connectivity index (χ3n) is 1.98. The molecule has 1 heterocycles. The third kappa shape index (κ3) is 3.72. The maximum absolute atomic E-state index is 10.8. The molecule has 0 fully saturated rings. The molecule has 0 amide bonds. The van der Waals surface area contributed by atoms with E-state index in [0.29, 0.717) is 6.54 Å². The molecule has 0 saturated carbocycles. The van der Waals surface area contributed by atoms with Gasteiger partial charge in [-0.1, -0.05) is 20.8 Å². The molecule has 0 aliphatic carbocycles. The van der Waals surface area contributed by atoms with Crippen LogP contribution in [0.25, 0.3) is 0 Å². The van der Waals surface area contributed by atoms with E-state index in [1.807, 2.05) is 26.8 Å². The minimum Gasteiger partial charge on any atom is -0.364 e. The smallest absolute Gasteiger partial charge is 0.312 e. The van der Waals surface area contributed by atoms with Gasteiger partial charge in [-0.15, -0.1) is 0 Å². The molecular formula is C11H14N4O2. The number of nitriles is 1. The molecule has 1 N–H and O–H groups in total. The summed E-state index contributed by atoms with van der Waals surface area (Å²) < 4.78 is 0. The maximum atomic E-state index is 10.8. The average molecular weight is 234 g/mol. The van der Waals surface area contributed by atoms with Crippen molar-refractivity contribution in [1.82, 2.24) is 4.98 Å². The summed E-state index contributed by atoms with van der Waals surface area (Å²) >= 11 is 0. The van der Waals surface area contributed by atoms with Crippen molar-refractivity contribution in [2.24, 2.45) is 5.41 Å². The normalized spacial score (nSPS) is 10.7. The third-order valence-corrected chi connectivity index (χ3v) is 1.98. The monoisotopic (exact) mass is 234 g/mol. The number of aromatic nitrogens is 1. The Bertz CT molecular complexity index is 471. The zero-order valence-electron chi connectivity index (χ0n) is 10.0. The van der Waals surface area contributed by atoms with E-state index >= 15 is 0 Å². The second-order valence-electron chi connectivity index (χ2n) is 4.87. The molecule has 0 spiro atoms. The Morgan fingerprint density at radius 1 is 1.59 bits per heavy atom. The van der Waals surface area contributed by atoms with E-state index in [4.69, 9.17) is 5.26 Å². The minimum absolute atomic E-state index is 0.0105. The number of pyridine rings is 1. The molecule has 1 aromatic heterocycles. The van der Waals surface area contributed by atoms with E-state index in [0.717, 1.165) is 0 Å². The van der Waals surface area contributed by atoms with Crippen molar-refractivity contribution >= 4 is 11.5 Å². The van der Waals surface area contributed by atoms with Crippen molar-refractivity contribution < 1.29 is 4.92 Å². The van der Waals surface area contributed by atoms with Gasteiger partial charge in [-0.25, -0.2) is 4.98 Å². The SMILES string of the molecule is CC(C)(C)CNc1ncc(C#N)cc1[N+](=O)[O-]. The average Bonchev–Trinajstić information content (AvgIpc) is 2.25. The van der Waals surface area contributed by atoms with E-state index in [2.05, 4.69) is 10.3 Å². The van der Waals surface area contributed by atoms with Crippen LogP contribution in [0.1, 0.15) is 26.3 Å². The molecule has 6 nitrogen and oxygen atoms in total. The van der Waals surface area contributed by atoms with Crippen LogP contribution >= 0.6 is 0 Å². The van der Waals surface area contributed by atoms with Crippen molar-refractivity contribution in [2.75, 3.05) is 11.9 Å². The Morgan fingerprint density at radius 2 is 2.24 bits per heavy atom. The number of rotatable bonds is 3. The van der Waals surface area contributed by atoms with Crippen molar-refractivity contribution in [3.8, 4) is 6.07 Å². The summed E-state index contributed by atoms with van der Waals surface area (Å²) in [5.41, 5.74) is -0.00463. The van der Waals surface area contributed by atoms with Gasteiger partial charge >= 0.3 is 5.69 Å². The van der Waals surface area contributed by atoms with Crippen LogP contribution in [0.15, 0.2) is 12.3 Å². The van der Waals surface area contributed by atoms with Gasteiger partial charge in [-0.2, -0.15) is 5.26 Å².